The van der Waals surface area contributed by atoms with Crippen LogP contribution in [0.3, 0.4) is 0 Å². The van der Waals surface area contributed by atoms with E-state index in [-0.39, 0.29) is 10.0 Å². The molecule has 2 aliphatic rings. The van der Waals surface area contributed by atoms with E-state index in [0.717, 1.165) is 12.0 Å². The van der Waals surface area contributed by atoms with Gasteiger partial charge in [0.15, 0.2) is 0 Å². The van der Waals surface area contributed by atoms with Crippen molar-refractivity contribution < 1.29 is 0 Å². The number of hydrogen-bond donors (Lipinski definition) is 0. The van der Waals surface area contributed by atoms with Crippen LogP contribution in [0, 0.1) is 5.92 Å². The summed E-state index contributed by atoms with van der Waals surface area (Å²) in [5.74, 6) is 7.00. The maximum absolute atomic E-state index is 2.59. The van der Waals surface area contributed by atoms with Crippen LogP contribution in [-0.2, 0) is 0 Å². The molecule has 1 unspecified atom stereocenters. The van der Waals surface area contributed by atoms with Gasteiger partial charge in [0.2, 0.25) is 0 Å². The molecule has 0 aromatic rings. The van der Waals surface area contributed by atoms with Crippen molar-refractivity contribution in [1.82, 2.24) is 3.11 Å². The van der Waals surface area contributed by atoms with Crippen LogP contribution in [0.15, 0.2) is 0 Å². The van der Waals surface area contributed by atoms with Gasteiger partial charge in [-0.1, -0.05) is 13.8 Å². The molecule has 0 aliphatic carbocycles. The summed E-state index contributed by atoms with van der Waals surface area (Å²) in [6.07, 6.45) is 1.52. The summed E-state index contributed by atoms with van der Waals surface area (Å²) in [7, 11) is -0.0861. The molecule has 0 bridgehead atoms. The second-order valence-corrected chi connectivity index (χ2v) is 9.59. The highest BCUT2D eigenvalue weighted by Crippen LogP contribution is 2.62. The lowest BCUT2D eigenvalue weighted by atomic mass is 10.1. The van der Waals surface area contributed by atoms with E-state index < -0.39 is 0 Å². The van der Waals surface area contributed by atoms with Crippen molar-refractivity contribution >= 4 is 32.9 Å². The fraction of sp³-hybridized carbons (Fsp3) is 1.00. The second-order valence-electron chi connectivity index (χ2n) is 4.49. The van der Waals surface area contributed by atoms with Gasteiger partial charge in [-0.25, -0.2) is 13.1 Å². The maximum atomic E-state index is 2.59. The molecule has 0 radical (unpaired) electrons. The first-order valence-corrected chi connectivity index (χ1v) is 8.07. The Morgan fingerprint density at radius 3 is 2.33 bits per heavy atom. The van der Waals surface area contributed by atoms with Crippen LogP contribution in [0.4, 0.5) is 0 Å². The third kappa shape index (κ3) is 1.52. The van der Waals surface area contributed by atoms with E-state index >= 15 is 0 Å². The third-order valence-corrected chi connectivity index (χ3v) is 8.91. The van der Waals surface area contributed by atoms with Gasteiger partial charge in [-0.15, -0.1) is 0 Å². The lowest BCUT2D eigenvalue weighted by molar-refractivity contribution is 0.379. The average molecular weight is 299 g/mol. The molecule has 3 heteroatoms. The van der Waals surface area contributed by atoms with E-state index in [4.69, 9.17) is 0 Å². The Balaban J connectivity index is 2.02. The largest absolute Gasteiger partial charge is 0.235 e. The van der Waals surface area contributed by atoms with Crippen molar-refractivity contribution in [3.05, 3.63) is 0 Å². The van der Waals surface area contributed by atoms with Crippen LogP contribution in [-0.4, -0.2) is 32.3 Å². The monoisotopic (exact) mass is 299 g/mol. The molecule has 2 aliphatic heterocycles. The minimum absolute atomic E-state index is 0.0861. The van der Waals surface area contributed by atoms with Gasteiger partial charge >= 0.3 is 0 Å². The van der Waals surface area contributed by atoms with Crippen molar-refractivity contribution in [2.75, 3.05) is 23.1 Å². The topological polar surface area (TPSA) is 3.24 Å². The van der Waals surface area contributed by atoms with Crippen LogP contribution < -0.4 is 0 Å². The Bertz CT molecular complexity index is 179. The molecular weight excluding hydrogens is 281 g/mol. The van der Waals surface area contributed by atoms with Gasteiger partial charge in [-0.2, -0.15) is 0 Å². The first-order valence-electron chi connectivity index (χ1n) is 4.79. The van der Waals surface area contributed by atoms with E-state index in [2.05, 4.69) is 39.8 Å². The first-order chi connectivity index (χ1) is 5.63. The minimum atomic E-state index is -0.0861. The van der Waals surface area contributed by atoms with Crippen molar-refractivity contribution in [3.8, 4) is 0 Å². The molecular formula is C9H18INS. The summed E-state index contributed by atoms with van der Waals surface area (Å²) in [5.41, 5.74) is 0. The summed E-state index contributed by atoms with van der Waals surface area (Å²) in [4.78, 5) is 0. The molecule has 2 saturated heterocycles. The summed E-state index contributed by atoms with van der Waals surface area (Å²) in [6.45, 7) is 4.74. The number of nitrogens with zero attached hydrogens (tertiary/aromatic N) is 1. The smallest absolute Gasteiger partial charge is 0.0389 e. The fourth-order valence-corrected chi connectivity index (χ4v) is 8.90. The van der Waals surface area contributed by atoms with Gasteiger partial charge in [0, 0.05) is 34.8 Å². The van der Waals surface area contributed by atoms with Gasteiger partial charge in [-0.05, 0) is 29.6 Å². The predicted octanol–water partition coefficient (Wildman–Crippen LogP) is 2.84. The molecule has 2 heterocycles. The predicted molar refractivity (Wildman–Crippen MR) is 66.2 cm³/mol. The Morgan fingerprint density at radius 1 is 1.42 bits per heavy atom. The van der Waals surface area contributed by atoms with E-state index in [1.54, 1.807) is 17.3 Å². The summed E-state index contributed by atoms with van der Waals surface area (Å²) in [5, 5.41) is 0. The minimum Gasteiger partial charge on any atom is -0.235 e. The number of halogens is 1. The molecule has 0 aromatic heterocycles. The Hall–Kier alpha value is 1.04. The van der Waals surface area contributed by atoms with Gasteiger partial charge in [-0.3, -0.25) is 0 Å². The highest BCUT2D eigenvalue weighted by Gasteiger charge is 2.43. The SMILES string of the molecule is CC(C)C1CS2(CCC2)CN1I. The molecule has 2 fully saturated rings. The zero-order valence-electron chi connectivity index (χ0n) is 7.92. The van der Waals surface area contributed by atoms with Crippen molar-refractivity contribution in [1.29, 1.82) is 0 Å². The Morgan fingerprint density at radius 2 is 2.08 bits per heavy atom. The van der Waals surface area contributed by atoms with Crippen LogP contribution in [0.2, 0.25) is 0 Å². The molecule has 0 aromatic carbocycles. The normalized spacial score (nSPS) is 37.2. The van der Waals surface area contributed by atoms with E-state index in [1.807, 2.05) is 0 Å². The molecule has 0 amide bonds. The zero-order valence-corrected chi connectivity index (χ0v) is 10.9. The second kappa shape index (κ2) is 3.31. The first kappa shape index (κ1) is 9.59. The van der Waals surface area contributed by atoms with Gasteiger partial charge in [0.05, 0.1) is 0 Å². The van der Waals surface area contributed by atoms with Crippen LogP contribution in [0.1, 0.15) is 20.3 Å². The van der Waals surface area contributed by atoms with Gasteiger partial charge < -0.3 is 0 Å². The molecule has 0 N–H and O–H groups in total. The highest BCUT2D eigenvalue weighted by molar-refractivity contribution is 14.1. The Kier molecular flexibility index (Phi) is 2.65. The summed E-state index contributed by atoms with van der Waals surface area (Å²) >= 11 is 2.55. The number of rotatable bonds is 1. The van der Waals surface area contributed by atoms with Crippen LogP contribution in [0.5, 0.6) is 0 Å². The van der Waals surface area contributed by atoms with Gasteiger partial charge in [0.1, 0.15) is 0 Å². The quantitative estimate of drug-likeness (QED) is 0.531. The molecule has 1 spiro atoms. The molecule has 12 heavy (non-hydrogen) atoms. The van der Waals surface area contributed by atoms with E-state index in [0.29, 0.717) is 0 Å². The van der Waals surface area contributed by atoms with Crippen molar-refractivity contribution in [2.45, 2.75) is 26.3 Å². The van der Waals surface area contributed by atoms with Crippen LogP contribution in [0.25, 0.3) is 0 Å². The van der Waals surface area contributed by atoms with Gasteiger partial charge in [0.25, 0.3) is 0 Å². The summed E-state index contributed by atoms with van der Waals surface area (Å²) < 4.78 is 2.59. The number of hydrogen-bond acceptors (Lipinski definition) is 1. The molecule has 1 atom stereocenters. The Labute approximate surface area is 91.1 Å². The fourth-order valence-electron chi connectivity index (χ4n) is 2.22. The molecule has 2 rings (SSSR count). The summed E-state index contributed by atoms with van der Waals surface area (Å²) in [6, 6.07) is 0.890. The molecule has 0 saturated carbocycles. The lowest BCUT2D eigenvalue weighted by Gasteiger charge is -2.44. The maximum Gasteiger partial charge on any atom is 0.0389 e. The molecule has 72 valence electrons. The standard InChI is InChI=1S/C9H18INS/c1-8(2)9-6-12(4-3-5-12)7-11(9)10/h8-9H,3-7H2,1-2H3. The lowest BCUT2D eigenvalue weighted by Crippen LogP contribution is -2.27. The van der Waals surface area contributed by atoms with Crippen molar-refractivity contribution in [3.63, 3.8) is 0 Å². The molecule has 1 nitrogen and oxygen atoms in total. The van der Waals surface area contributed by atoms with E-state index in [9.17, 15) is 0 Å². The zero-order chi connectivity index (χ0) is 8.77. The third-order valence-electron chi connectivity index (χ3n) is 3.21. The highest BCUT2D eigenvalue weighted by atomic mass is 127. The van der Waals surface area contributed by atoms with Crippen molar-refractivity contribution in [2.24, 2.45) is 5.92 Å². The average Bonchev–Trinajstić information content (AvgIpc) is 2.26. The van der Waals surface area contributed by atoms with E-state index in [1.165, 1.54) is 12.3 Å². The van der Waals surface area contributed by atoms with Crippen LogP contribution >= 0.6 is 32.9 Å².